The maximum Gasteiger partial charge on any atom is 0.272 e. The number of aryl methyl sites for hydroxylation is 1. The fraction of sp³-hybridized carbons (Fsp3) is 0.278. The van der Waals surface area contributed by atoms with Gasteiger partial charge in [0, 0.05) is 31.1 Å². The van der Waals surface area contributed by atoms with Gasteiger partial charge in [0.15, 0.2) is 0 Å². The predicted molar refractivity (Wildman–Crippen MR) is 93.4 cm³/mol. The monoisotopic (exact) mass is 339 g/mol. The predicted octanol–water partition coefficient (Wildman–Crippen LogP) is 2.22. The van der Waals surface area contributed by atoms with E-state index in [9.17, 15) is 4.79 Å². The van der Waals surface area contributed by atoms with Crippen LogP contribution in [0.2, 0.25) is 0 Å². The molecule has 1 N–H and O–H groups in total. The molecule has 7 heteroatoms. The van der Waals surface area contributed by atoms with E-state index in [-0.39, 0.29) is 5.91 Å². The molecule has 2 heterocycles. The molecule has 25 heavy (non-hydrogen) atoms. The highest BCUT2D eigenvalue weighted by molar-refractivity contribution is 5.92. The molecule has 0 aliphatic rings. The molecule has 3 rings (SSSR count). The third kappa shape index (κ3) is 3.61. The van der Waals surface area contributed by atoms with Crippen molar-refractivity contribution in [3.8, 4) is 5.69 Å². The van der Waals surface area contributed by atoms with Crippen molar-refractivity contribution in [3.05, 3.63) is 65.2 Å². The summed E-state index contributed by atoms with van der Waals surface area (Å²) in [5.41, 5.74) is 4.27. The first-order valence-corrected chi connectivity index (χ1v) is 8.01. The normalized spacial score (nSPS) is 10.8. The molecular formula is C18H21N5O2. The van der Waals surface area contributed by atoms with Crippen LogP contribution in [0.25, 0.3) is 5.69 Å². The van der Waals surface area contributed by atoms with Crippen LogP contribution in [0.5, 0.6) is 0 Å². The van der Waals surface area contributed by atoms with Crippen molar-refractivity contribution in [1.82, 2.24) is 24.9 Å². The highest BCUT2D eigenvalue weighted by Gasteiger charge is 2.15. The van der Waals surface area contributed by atoms with Crippen LogP contribution in [0.4, 0.5) is 0 Å². The third-order valence-corrected chi connectivity index (χ3v) is 4.00. The first-order chi connectivity index (χ1) is 12.1. The lowest BCUT2D eigenvalue weighted by molar-refractivity contribution is 0.0938. The molecule has 0 saturated carbocycles. The molecule has 0 unspecified atom stereocenters. The van der Waals surface area contributed by atoms with E-state index >= 15 is 0 Å². The quantitative estimate of drug-likeness (QED) is 0.747. The number of aromatic nitrogens is 4. The largest absolute Gasteiger partial charge is 0.362 e. The van der Waals surface area contributed by atoms with Crippen LogP contribution < -0.4 is 5.32 Å². The van der Waals surface area contributed by atoms with Crippen LogP contribution >= 0.6 is 0 Å². The van der Waals surface area contributed by atoms with E-state index in [1.807, 2.05) is 48.9 Å². The maximum atomic E-state index is 12.3. The zero-order valence-electron chi connectivity index (χ0n) is 14.6. The van der Waals surface area contributed by atoms with Crippen molar-refractivity contribution in [1.29, 1.82) is 0 Å². The molecule has 2 aromatic heterocycles. The lowest BCUT2D eigenvalue weighted by atomic mass is 10.2. The molecule has 0 bridgehead atoms. The van der Waals surface area contributed by atoms with Gasteiger partial charge in [-0.1, -0.05) is 18.2 Å². The zero-order chi connectivity index (χ0) is 17.8. The van der Waals surface area contributed by atoms with E-state index in [0.29, 0.717) is 19.0 Å². The van der Waals surface area contributed by atoms with Gasteiger partial charge in [-0.05, 0) is 32.0 Å². The minimum atomic E-state index is -0.221. The first-order valence-electron chi connectivity index (χ1n) is 8.01. The van der Waals surface area contributed by atoms with Crippen molar-refractivity contribution in [3.63, 3.8) is 0 Å². The molecule has 0 spiro atoms. The Morgan fingerprint density at radius 1 is 1.16 bits per heavy atom. The molecule has 0 aliphatic carbocycles. The second-order valence-corrected chi connectivity index (χ2v) is 5.74. The Balaban J connectivity index is 1.73. The van der Waals surface area contributed by atoms with E-state index in [4.69, 9.17) is 4.74 Å². The number of benzene rings is 1. The number of ether oxygens (including phenoxy) is 1. The van der Waals surface area contributed by atoms with Gasteiger partial charge in [-0.3, -0.25) is 4.79 Å². The number of methoxy groups -OCH3 is 1. The van der Waals surface area contributed by atoms with Crippen molar-refractivity contribution >= 4 is 5.91 Å². The molecule has 7 nitrogen and oxygen atoms in total. The van der Waals surface area contributed by atoms with Crippen molar-refractivity contribution < 1.29 is 9.53 Å². The number of hydrogen-bond acceptors (Lipinski definition) is 4. The average molecular weight is 339 g/mol. The fourth-order valence-corrected chi connectivity index (χ4v) is 2.70. The van der Waals surface area contributed by atoms with Crippen LogP contribution in [0.3, 0.4) is 0 Å². The topological polar surface area (TPSA) is 74.0 Å². The highest BCUT2D eigenvalue weighted by atomic mass is 16.5. The summed E-state index contributed by atoms with van der Waals surface area (Å²) in [6.07, 6.45) is 1.71. The van der Waals surface area contributed by atoms with Gasteiger partial charge in [0.1, 0.15) is 12.4 Å². The van der Waals surface area contributed by atoms with Crippen LogP contribution in [-0.2, 0) is 18.0 Å². The molecule has 3 aromatic rings. The van der Waals surface area contributed by atoms with E-state index in [0.717, 1.165) is 22.6 Å². The summed E-state index contributed by atoms with van der Waals surface area (Å²) >= 11 is 0. The van der Waals surface area contributed by atoms with Gasteiger partial charge >= 0.3 is 0 Å². The van der Waals surface area contributed by atoms with Crippen molar-refractivity contribution in [2.24, 2.45) is 0 Å². The summed E-state index contributed by atoms with van der Waals surface area (Å²) < 4.78 is 8.45. The van der Waals surface area contributed by atoms with Gasteiger partial charge in [-0.2, -0.15) is 10.2 Å². The molecule has 130 valence electrons. The van der Waals surface area contributed by atoms with E-state index in [1.54, 1.807) is 24.1 Å². The standard InChI is InChI=1S/C18H21N5O2/c1-13-16(14(2)23(20-13)15-7-5-4-6-8-15)11-19-18(24)17-9-10-22(21-17)12-25-3/h4-10H,11-12H2,1-3H3,(H,19,24). The van der Waals surface area contributed by atoms with Crippen LogP contribution in [0.1, 0.15) is 27.4 Å². The molecule has 0 radical (unpaired) electrons. The minimum Gasteiger partial charge on any atom is -0.362 e. The Labute approximate surface area is 146 Å². The van der Waals surface area contributed by atoms with Gasteiger partial charge in [0.2, 0.25) is 0 Å². The first kappa shape index (κ1) is 16.9. The molecule has 0 saturated heterocycles. The second-order valence-electron chi connectivity index (χ2n) is 5.74. The van der Waals surface area contributed by atoms with Gasteiger partial charge < -0.3 is 10.1 Å². The summed E-state index contributed by atoms with van der Waals surface area (Å²) in [4.78, 5) is 12.3. The number of rotatable bonds is 6. The number of nitrogens with zero attached hydrogens (tertiary/aromatic N) is 4. The minimum absolute atomic E-state index is 0.221. The Hall–Kier alpha value is -2.93. The number of para-hydroxylation sites is 1. The Kier molecular flexibility index (Phi) is 4.95. The zero-order valence-corrected chi connectivity index (χ0v) is 14.6. The summed E-state index contributed by atoms with van der Waals surface area (Å²) in [6, 6.07) is 11.6. The van der Waals surface area contributed by atoms with Crippen molar-refractivity contribution in [2.45, 2.75) is 27.1 Å². The Morgan fingerprint density at radius 3 is 2.64 bits per heavy atom. The average Bonchev–Trinajstić information content (AvgIpc) is 3.19. The van der Waals surface area contributed by atoms with Crippen LogP contribution in [-0.4, -0.2) is 32.6 Å². The Morgan fingerprint density at radius 2 is 1.92 bits per heavy atom. The highest BCUT2D eigenvalue weighted by Crippen LogP contribution is 2.17. The number of amides is 1. The van der Waals surface area contributed by atoms with Crippen molar-refractivity contribution in [2.75, 3.05) is 7.11 Å². The molecular weight excluding hydrogens is 318 g/mol. The summed E-state index contributed by atoms with van der Waals surface area (Å²) in [5, 5.41) is 11.7. The molecule has 0 atom stereocenters. The fourth-order valence-electron chi connectivity index (χ4n) is 2.70. The number of carbonyl (C=O) groups is 1. The van der Waals surface area contributed by atoms with E-state index in [2.05, 4.69) is 15.5 Å². The number of nitrogens with one attached hydrogen (secondary N) is 1. The number of hydrogen-bond donors (Lipinski definition) is 1. The smallest absolute Gasteiger partial charge is 0.272 e. The summed E-state index contributed by atoms with van der Waals surface area (Å²) in [7, 11) is 1.58. The van der Waals surface area contributed by atoms with Crippen LogP contribution in [0, 0.1) is 13.8 Å². The number of carbonyl (C=O) groups excluding carboxylic acids is 1. The SMILES string of the molecule is COCn1ccc(C(=O)NCc2c(C)nn(-c3ccccc3)c2C)n1. The lowest BCUT2D eigenvalue weighted by Gasteiger charge is -2.06. The second kappa shape index (κ2) is 7.31. The summed E-state index contributed by atoms with van der Waals surface area (Å²) in [5.74, 6) is -0.221. The summed E-state index contributed by atoms with van der Waals surface area (Å²) in [6.45, 7) is 4.67. The van der Waals surface area contributed by atoms with Gasteiger partial charge in [-0.25, -0.2) is 9.36 Å². The van der Waals surface area contributed by atoms with E-state index < -0.39 is 0 Å². The lowest BCUT2D eigenvalue weighted by Crippen LogP contribution is -2.24. The Bertz CT molecular complexity index is 867. The third-order valence-electron chi connectivity index (χ3n) is 4.00. The van der Waals surface area contributed by atoms with E-state index in [1.165, 1.54) is 0 Å². The molecule has 1 amide bonds. The molecule has 0 fully saturated rings. The van der Waals surface area contributed by atoms with Gasteiger partial charge in [-0.15, -0.1) is 0 Å². The van der Waals surface area contributed by atoms with Crippen LogP contribution in [0.15, 0.2) is 42.6 Å². The maximum absolute atomic E-state index is 12.3. The molecule has 1 aromatic carbocycles. The van der Waals surface area contributed by atoms with Gasteiger partial charge in [0.05, 0.1) is 11.4 Å². The van der Waals surface area contributed by atoms with Gasteiger partial charge in [0.25, 0.3) is 5.91 Å². The molecule has 0 aliphatic heterocycles.